The lowest BCUT2D eigenvalue weighted by Gasteiger charge is -2.28. The minimum absolute atomic E-state index is 0.0551. The van der Waals surface area contributed by atoms with Crippen LogP contribution in [0.5, 0.6) is 0 Å². The second-order valence-electron chi connectivity index (χ2n) is 9.63. The number of hydrogen-bond acceptors (Lipinski definition) is 5. The standard InChI is InChI=1S/C26H35N5O3/c1-16(2)13-30(23-24(27)31(14-17(3)4)26(34)29-25(23)33)15-22(32)28-18(5)20-12-8-10-19-9-6-7-11-21(19)20/h6-12,16-18H,13-15,27H2,1-5H3,(H,28,32)(H,29,33,34). The summed E-state index contributed by atoms with van der Waals surface area (Å²) >= 11 is 0. The van der Waals surface area contributed by atoms with E-state index in [1.165, 1.54) is 4.57 Å². The van der Waals surface area contributed by atoms with Crippen LogP contribution in [0, 0.1) is 11.8 Å². The number of amides is 1. The van der Waals surface area contributed by atoms with Crippen molar-refractivity contribution in [1.29, 1.82) is 0 Å². The Balaban J connectivity index is 1.89. The zero-order chi connectivity index (χ0) is 25.0. The highest BCUT2D eigenvalue weighted by Crippen LogP contribution is 2.24. The zero-order valence-electron chi connectivity index (χ0n) is 20.6. The molecule has 2 aromatic carbocycles. The van der Waals surface area contributed by atoms with E-state index in [0.717, 1.165) is 16.3 Å². The number of nitrogen functional groups attached to an aromatic ring is 1. The first-order valence-corrected chi connectivity index (χ1v) is 11.7. The van der Waals surface area contributed by atoms with Crippen LogP contribution in [-0.2, 0) is 11.3 Å². The van der Waals surface area contributed by atoms with Crippen LogP contribution in [0.1, 0.15) is 46.2 Å². The summed E-state index contributed by atoms with van der Waals surface area (Å²) < 4.78 is 1.37. The van der Waals surface area contributed by atoms with Crippen LogP contribution < -0.4 is 27.2 Å². The topological polar surface area (TPSA) is 113 Å². The van der Waals surface area contributed by atoms with E-state index >= 15 is 0 Å². The molecule has 0 saturated heterocycles. The molecule has 0 saturated carbocycles. The molecule has 3 rings (SSSR count). The van der Waals surface area contributed by atoms with E-state index in [0.29, 0.717) is 13.1 Å². The van der Waals surface area contributed by atoms with E-state index in [4.69, 9.17) is 5.73 Å². The molecule has 4 N–H and O–H groups in total. The SMILES string of the molecule is CC(C)CN(CC(=O)NC(C)c1cccc2ccccc12)c1c(N)n(CC(C)C)c(=O)[nH]c1=O. The average Bonchev–Trinajstić information content (AvgIpc) is 2.75. The van der Waals surface area contributed by atoms with Crippen LogP contribution in [0.15, 0.2) is 52.1 Å². The fourth-order valence-corrected chi connectivity index (χ4v) is 4.27. The monoisotopic (exact) mass is 465 g/mol. The van der Waals surface area contributed by atoms with Crippen molar-refractivity contribution in [2.75, 3.05) is 23.7 Å². The van der Waals surface area contributed by atoms with Gasteiger partial charge in [0.05, 0.1) is 12.6 Å². The third kappa shape index (κ3) is 5.68. The number of rotatable bonds is 9. The highest BCUT2D eigenvalue weighted by Gasteiger charge is 2.23. The molecule has 8 nitrogen and oxygen atoms in total. The number of nitrogens with two attached hydrogens (primary N) is 1. The van der Waals surface area contributed by atoms with Crippen LogP contribution in [-0.4, -0.2) is 28.5 Å². The van der Waals surface area contributed by atoms with Gasteiger partial charge in [-0.1, -0.05) is 70.2 Å². The molecule has 1 unspecified atom stereocenters. The Morgan fingerprint density at radius 3 is 2.38 bits per heavy atom. The summed E-state index contributed by atoms with van der Waals surface area (Å²) in [5.74, 6) is 0.161. The first kappa shape index (κ1) is 25.1. The second-order valence-corrected chi connectivity index (χ2v) is 9.63. The Bertz CT molecular complexity index is 1270. The van der Waals surface area contributed by atoms with Crippen molar-refractivity contribution in [3.8, 4) is 0 Å². The summed E-state index contributed by atoms with van der Waals surface area (Å²) in [6.45, 7) is 10.6. The Hall–Kier alpha value is -3.55. The lowest BCUT2D eigenvalue weighted by atomic mass is 10.00. The van der Waals surface area contributed by atoms with Crippen molar-refractivity contribution in [2.24, 2.45) is 11.8 Å². The smallest absolute Gasteiger partial charge is 0.330 e. The normalized spacial score (nSPS) is 12.3. The van der Waals surface area contributed by atoms with Crippen molar-refractivity contribution in [3.63, 3.8) is 0 Å². The number of aromatic amines is 1. The van der Waals surface area contributed by atoms with Gasteiger partial charge in [0.25, 0.3) is 5.56 Å². The number of aromatic nitrogens is 2. The molecule has 0 fully saturated rings. The molecule has 0 spiro atoms. The third-order valence-electron chi connectivity index (χ3n) is 5.67. The molecule has 1 heterocycles. The summed E-state index contributed by atoms with van der Waals surface area (Å²) in [6, 6.07) is 13.8. The minimum atomic E-state index is -0.585. The van der Waals surface area contributed by atoms with E-state index in [9.17, 15) is 14.4 Å². The number of carbonyl (C=O) groups excluding carboxylic acids is 1. The van der Waals surface area contributed by atoms with Crippen LogP contribution in [0.2, 0.25) is 0 Å². The van der Waals surface area contributed by atoms with Gasteiger partial charge in [0.15, 0.2) is 0 Å². The highest BCUT2D eigenvalue weighted by atomic mass is 16.2. The molecule has 0 aliphatic carbocycles. The summed E-state index contributed by atoms with van der Waals surface area (Å²) in [6.07, 6.45) is 0. The zero-order valence-corrected chi connectivity index (χ0v) is 20.6. The van der Waals surface area contributed by atoms with Crippen molar-refractivity contribution >= 4 is 28.2 Å². The minimum Gasteiger partial charge on any atom is -0.383 e. The van der Waals surface area contributed by atoms with E-state index in [-0.39, 0.29) is 41.8 Å². The van der Waals surface area contributed by atoms with Gasteiger partial charge in [-0.05, 0) is 35.1 Å². The average molecular weight is 466 g/mol. The lowest BCUT2D eigenvalue weighted by Crippen LogP contribution is -2.45. The molecule has 1 amide bonds. The number of carbonyl (C=O) groups is 1. The number of nitrogens with one attached hydrogen (secondary N) is 2. The van der Waals surface area contributed by atoms with Gasteiger partial charge in [-0.3, -0.25) is 19.1 Å². The molecule has 182 valence electrons. The maximum Gasteiger partial charge on any atom is 0.330 e. The Morgan fingerprint density at radius 1 is 1.03 bits per heavy atom. The quantitative estimate of drug-likeness (QED) is 0.449. The Kier molecular flexibility index (Phi) is 7.81. The van der Waals surface area contributed by atoms with Gasteiger partial charge >= 0.3 is 5.69 Å². The van der Waals surface area contributed by atoms with Gasteiger partial charge in [0.1, 0.15) is 11.5 Å². The molecule has 3 aromatic rings. The molecule has 0 aliphatic rings. The Labute approximate surface area is 199 Å². The molecule has 1 aromatic heterocycles. The van der Waals surface area contributed by atoms with Gasteiger partial charge in [-0.15, -0.1) is 0 Å². The van der Waals surface area contributed by atoms with Crippen molar-refractivity contribution in [3.05, 3.63) is 68.9 Å². The molecule has 1 atom stereocenters. The summed E-state index contributed by atoms with van der Waals surface area (Å²) in [4.78, 5) is 42.3. The maximum absolute atomic E-state index is 13.1. The second kappa shape index (κ2) is 10.6. The van der Waals surface area contributed by atoms with Gasteiger partial charge in [0, 0.05) is 13.1 Å². The van der Waals surface area contributed by atoms with E-state index in [2.05, 4.69) is 10.3 Å². The fourth-order valence-electron chi connectivity index (χ4n) is 4.27. The summed E-state index contributed by atoms with van der Waals surface area (Å²) in [5, 5.41) is 5.24. The fraction of sp³-hybridized carbons (Fsp3) is 0.423. The number of hydrogen-bond donors (Lipinski definition) is 3. The molecule has 34 heavy (non-hydrogen) atoms. The molecular weight excluding hydrogens is 430 g/mol. The van der Waals surface area contributed by atoms with Gasteiger partial charge < -0.3 is 16.0 Å². The highest BCUT2D eigenvalue weighted by molar-refractivity contribution is 5.87. The van der Waals surface area contributed by atoms with Crippen LogP contribution in [0.4, 0.5) is 11.5 Å². The predicted octanol–water partition coefficient (Wildman–Crippen LogP) is 3.27. The largest absolute Gasteiger partial charge is 0.383 e. The molecule has 8 heteroatoms. The first-order valence-electron chi connectivity index (χ1n) is 11.7. The van der Waals surface area contributed by atoms with Gasteiger partial charge in [-0.25, -0.2) is 4.79 Å². The van der Waals surface area contributed by atoms with Crippen molar-refractivity contribution in [1.82, 2.24) is 14.9 Å². The van der Waals surface area contributed by atoms with Crippen LogP contribution in [0.3, 0.4) is 0 Å². The molecule has 0 radical (unpaired) electrons. The molecule has 0 bridgehead atoms. The number of fused-ring (bicyclic) bond motifs is 1. The van der Waals surface area contributed by atoms with E-state index < -0.39 is 11.2 Å². The lowest BCUT2D eigenvalue weighted by molar-refractivity contribution is -0.120. The van der Waals surface area contributed by atoms with Crippen molar-refractivity contribution in [2.45, 2.75) is 47.2 Å². The number of H-pyrrole nitrogens is 1. The van der Waals surface area contributed by atoms with E-state index in [1.54, 1.807) is 4.90 Å². The van der Waals surface area contributed by atoms with Gasteiger partial charge in [-0.2, -0.15) is 0 Å². The molecule has 0 aliphatic heterocycles. The first-order chi connectivity index (χ1) is 16.1. The maximum atomic E-state index is 13.1. The summed E-state index contributed by atoms with van der Waals surface area (Å²) in [5.41, 5.74) is 6.35. The van der Waals surface area contributed by atoms with Crippen molar-refractivity contribution < 1.29 is 4.79 Å². The Morgan fingerprint density at radius 2 is 1.71 bits per heavy atom. The third-order valence-corrected chi connectivity index (χ3v) is 5.67. The van der Waals surface area contributed by atoms with Crippen LogP contribution in [0.25, 0.3) is 10.8 Å². The summed E-state index contributed by atoms with van der Waals surface area (Å²) in [7, 11) is 0. The van der Waals surface area contributed by atoms with Crippen LogP contribution >= 0.6 is 0 Å². The van der Waals surface area contributed by atoms with E-state index in [1.807, 2.05) is 77.1 Å². The number of nitrogens with zero attached hydrogens (tertiary/aromatic N) is 2. The number of anilines is 2. The molecular formula is C26H35N5O3. The number of benzene rings is 2. The van der Waals surface area contributed by atoms with Gasteiger partial charge in [0.2, 0.25) is 5.91 Å². The predicted molar refractivity (Wildman–Crippen MR) is 138 cm³/mol.